The van der Waals surface area contributed by atoms with Crippen molar-refractivity contribution >= 4 is 5.91 Å². The molecule has 1 aromatic heterocycles. The molecule has 1 aliphatic heterocycles. The highest BCUT2D eigenvalue weighted by Crippen LogP contribution is 2.29. The molecular formula is C27H34N4O2. The molecule has 0 unspecified atom stereocenters. The lowest BCUT2D eigenvalue weighted by molar-refractivity contribution is -0.136. The summed E-state index contributed by atoms with van der Waals surface area (Å²) >= 11 is 0. The first-order valence-electron chi connectivity index (χ1n) is 11.9. The monoisotopic (exact) mass is 446 g/mol. The Labute approximate surface area is 196 Å². The third-order valence-electron chi connectivity index (χ3n) is 6.56. The molecular weight excluding hydrogens is 412 g/mol. The summed E-state index contributed by atoms with van der Waals surface area (Å²) in [6.07, 6.45) is 3.96. The van der Waals surface area contributed by atoms with Crippen molar-refractivity contribution < 1.29 is 9.53 Å². The molecule has 1 amide bonds. The molecule has 0 radical (unpaired) electrons. The third kappa shape index (κ3) is 5.28. The summed E-state index contributed by atoms with van der Waals surface area (Å²) in [4.78, 5) is 17.2. The quantitative estimate of drug-likeness (QED) is 0.506. The van der Waals surface area contributed by atoms with Gasteiger partial charge in [-0.05, 0) is 64.0 Å². The Bertz CT molecular complexity index is 1050. The Kier molecular flexibility index (Phi) is 7.45. The van der Waals surface area contributed by atoms with Gasteiger partial charge in [0.15, 0.2) is 0 Å². The number of rotatable bonds is 8. The van der Waals surface area contributed by atoms with Gasteiger partial charge in [-0.3, -0.25) is 9.69 Å². The Hall–Kier alpha value is -3.12. The van der Waals surface area contributed by atoms with E-state index in [-0.39, 0.29) is 5.92 Å². The Morgan fingerprint density at radius 1 is 1.06 bits per heavy atom. The molecule has 0 atom stereocenters. The molecule has 1 aliphatic rings. The van der Waals surface area contributed by atoms with Crippen LogP contribution in [0.15, 0.2) is 60.8 Å². The minimum absolute atomic E-state index is 0.144. The van der Waals surface area contributed by atoms with E-state index in [9.17, 15) is 4.79 Å². The zero-order valence-corrected chi connectivity index (χ0v) is 19.9. The number of benzene rings is 2. The summed E-state index contributed by atoms with van der Waals surface area (Å²) < 4.78 is 7.41. The molecule has 4 rings (SSSR count). The van der Waals surface area contributed by atoms with Gasteiger partial charge < -0.3 is 9.64 Å². The Morgan fingerprint density at radius 3 is 2.45 bits per heavy atom. The number of para-hydroxylation sites is 1. The standard InChI is InChI=1S/C27H34N4O2/c1-4-30(5-2)27(32)21-14-16-29(17-15-21)19-23-20-31(24-11-7-6-8-12-24)28-26(23)22-10-9-13-25(18-22)33-3/h6-13,18,20-21H,4-5,14-17,19H2,1-3H3. The van der Waals surface area contributed by atoms with Gasteiger partial charge in [0.2, 0.25) is 5.91 Å². The normalized spacial score (nSPS) is 14.9. The van der Waals surface area contributed by atoms with Crippen molar-refractivity contribution in [2.24, 2.45) is 5.92 Å². The van der Waals surface area contributed by atoms with Crippen LogP contribution in [0.25, 0.3) is 16.9 Å². The van der Waals surface area contributed by atoms with Gasteiger partial charge in [-0.25, -0.2) is 4.68 Å². The minimum Gasteiger partial charge on any atom is -0.497 e. The summed E-state index contributed by atoms with van der Waals surface area (Å²) in [6.45, 7) is 8.35. The van der Waals surface area contributed by atoms with Crippen LogP contribution in [-0.2, 0) is 11.3 Å². The van der Waals surface area contributed by atoms with Gasteiger partial charge in [0.1, 0.15) is 5.75 Å². The molecule has 33 heavy (non-hydrogen) atoms. The van der Waals surface area contributed by atoms with Gasteiger partial charge in [0.05, 0.1) is 18.5 Å². The molecule has 6 heteroatoms. The maximum atomic E-state index is 12.8. The van der Waals surface area contributed by atoms with E-state index in [2.05, 4.69) is 43.1 Å². The SMILES string of the molecule is CCN(CC)C(=O)C1CCN(Cc2cn(-c3ccccc3)nc2-c2cccc(OC)c2)CC1. The molecule has 174 valence electrons. The zero-order chi connectivity index (χ0) is 23.2. The van der Waals surface area contributed by atoms with E-state index in [0.29, 0.717) is 5.91 Å². The number of hydrogen-bond acceptors (Lipinski definition) is 4. The van der Waals surface area contributed by atoms with Crippen molar-refractivity contribution in [3.63, 3.8) is 0 Å². The van der Waals surface area contributed by atoms with Gasteiger partial charge in [0, 0.05) is 42.9 Å². The fourth-order valence-corrected chi connectivity index (χ4v) is 4.62. The maximum absolute atomic E-state index is 12.8. The van der Waals surface area contributed by atoms with Gasteiger partial charge in [-0.1, -0.05) is 30.3 Å². The lowest BCUT2D eigenvalue weighted by Gasteiger charge is -2.33. The van der Waals surface area contributed by atoms with E-state index in [1.807, 2.05) is 46.0 Å². The number of hydrogen-bond donors (Lipinski definition) is 0. The van der Waals surface area contributed by atoms with Crippen LogP contribution in [-0.4, -0.2) is 58.8 Å². The predicted molar refractivity (Wildman–Crippen MR) is 131 cm³/mol. The number of amides is 1. The molecule has 0 N–H and O–H groups in total. The van der Waals surface area contributed by atoms with Crippen molar-refractivity contribution in [3.8, 4) is 22.7 Å². The smallest absolute Gasteiger partial charge is 0.225 e. The molecule has 0 spiro atoms. The highest BCUT2D eigenvalue weighted by atomic mass is 16.5. The van der Waals surface area contributed by atoms with Crippen LogP contribution in [0.1, 0.15) is 32.3 Å². The number of nitrogens with zero attached hydrogens (tertiary/aromatic N) is 4. The van der Waals surface area contributed by atoms with Gasteiger partial charge in [-0.2, -0.15) is 5.10 Å². The zero-order valence-electron chi connectivity index (χ0n) is 19.9. The fourth-order valence-electron chi connectivity index (χ4n) is 4.62. The summed E-state index contributed by atoms with van der Waals surface area (Å²) in [6, 6.07) is 18.3. The van der Waals surface area contributed by atoms with Crippen molar-refractivity contribution in [1.82, 2.24) is 19.6 Å². The van der Waals surface area contributed by atoms with E-state index < -0.39 is 0 Å². The lowest BCUT2D eigenvalue weighted by Crippen LogP contribution is -2.42. The molecule has 2 aromatic carbocycles. The van der Waals surface area contributed by atoms with Crippen LogP contribution >= 0.6 is 0 Å². The number of piperidine rings is 1. The van der Waals surface area contributed by atoms with E-state index >= 15 is 0 Å². The molecule has 2 heterocycles. The molecule has 1 saturated heterocycles. The second kappa shape index (κ2) is 10.7. The van der Waals surface area contributed by atoms with Crippen LogP contribution in [0.2, 0.25) is 0 Å². The van der Waals surface area contributed by atoms with E-state index in [4.69, 9.17) is 9.84 Å². The number of carbonyl (C=O) groups is 1. The first kappa shape index (κ1) is 23.1. The van der Waals surface area contributed by atoms with Crippen LogP contribution < -0.4 is 4.74 Å². The molecule has 6 nitrogen and oxygen atoms in total. The lowest BCUT2D eigenvalue weighted by atomic mass is 9.94. The summed E-state index contributed by atoms with van der Waals surface area (Å²) in [7, 11) is 1.69. The van der Waals surface area contributed by atoms with Crippen LogP contribution in [0, 0.1) is 5.92 Å². The van der Waals surface area contributed by atoms with E-state index in [1.165, 1.54) is 5.56 Å². The number of ether oxygens (including phenoxy) is 1. The van der Waals surface area contributed by atoms with Gasteiger partial charge in [-0.15, -0.1) is 0 Å². The number of carbonyl (C=O) groups excluding carboxylic acids is 1. The van der Waals surface area contributed by atoms with Crippen LogP contribution in [0.4, 0.5) is 0 Å². The topological polar surface area (TPSA) is 50.6 Å². The summed E-state index contributed by atoms with van der Waals surface area (Å²) in [5, 5.41) is 4.95. The Balaban J connectivity index is 1.54. The van der Waals surface area contributed by atoms with Crippen molar-refractivity contribution in [1.29, 1.82) is 0 Å². The largest absolute Gasteiger partial charge is 0.497 e. The van der Waals surface area contributed by atoms with Gasteiger partial charge in [0.25, 0.3) is 0 Å². The van der Waals surface area contributed by atoms with Crippen molar-refractivity contribution in [2.75, 3.05) is 33.3 Å². The maximum Gasteiger partial charge on any atom is 0.225 e. The third-order valence-corrected chi connectivity index (χ3v) is 6.56. The van der Waals surface area contributed by atoms with Crippen molar-refractivity contribution in [3.05, 3.63) is 66.4 Å². The van der Waals surface area contributed by atoms with E-state index in [1.54, 1.807) is 7.11 Å². The second-order valence-electron chi connectivity index (χ2n) is 8.58. The average molecular weight is 447 g/mol. The summed E-state index contributed by atoms with van der Waals surface area (Å²) in [5.74, 6) is 1.28. The first-order chi connectivity index (χ1) is 16.1. The highest BCUT2D eigenvalue weighted by Gasteiger charge is 2.28. The highest BCUT2D eigenvalue weighted by molar-refractivity contribution is 5.79. The molecule has 3 aromatic rings. The number of methoxy groups -OCH3 is 1. The minimum atomic E-state index is 0.144. The Morgan fingerprint density at radius 2 is 1.79 bits per heavy atom. The fraction of sp³-hybridized carbons (Fsp3) is 0.407. The van der Waals surface area contributed by atoms with Gasteiger partial charge >= 0.3 is 0 Å². The molecule has 0 saturated carbocycles. The number of likely N-dealkylation sites (tertiary alicyclic amines) is 1. The molecule has 0 bridgehead atoms. The first-order valence-corrected chi connectivity index (χ1v) is 11.9. The summed E-state index contributed by atoms with van der Waals surface area (Å²) in [5.41, 5.74) is 4.24. The molecule has 1 fully saturated rings. The molecule has 0 aliphatic carbocycles. The van der Waals surface area contributed by atoms with Crippen LogP contribution in [0.3, 0.4) is 0 Å². The average Bonchev–Trinajstić information content (AvgIpc) is 3.29. The predicted octanol–water partition coefficient (Wildman–Crippen LogP) is 4.63. The second-order valence-corrected chi connectivity index (χ2v) is 8.58. The number of aromatic nitrogens is 2. The van der Waals surface area contributed by atoms with E-state index in [0.717, 1.165) is 68.3 Å². The van der Waals surface area contributed by atoms with Crippen molar-refractivity contribution in [2.45, 2.75) is 33.2 Å². The van der Waals surface area contributed by atoms with Crippen LogP contribution in [0.5, 0.6) is 5.75 Å².